The zero-order valence-corrected chi connectivity index (χ0v) is 23.2. The van der Waals surface area contributed by atoms with Gasteiger partial charge in [-0.3, -0.25) is 19.5 Å². The molecule has 0 saturated heterocycles. The second kappa shape index (κ2) is 11.6. The van der Waals surface area contributed by atoms with Crippen molar-refractivity contribution >= 4 is 29.1 Å². The first-order valence-electron chi connectivity index (χ1n) is 12.2. The van der Waals surface area contributed by atoms with Crippen molar-refractivity contribution in [3.8, 4) is 23.0 Å². The van der Waals surface area contributed by atoms with Crippen LogP contribution >= 0.6 is 11.3 Å². The molecule has 40 heavy (non-hydrogen) atoms. The van der Waals surface area contributed by atoms with Crippen molar-refractivity contribution in [2.45, 2.75) is 26.8 Å². The molecule has 0 unspecified atom stereocenters. The van der Waals surface area contributed by atoms with Crippen molar-refractivity contribution in [1.82, 2.24) is 4.57 Å². The normalized spacial score (nSPS) is 14.8. The Hall–Kier alpha value is -4.65. The molecule has 210 valence electrons. The molecule has 1 N–H and O–H groups in total. The minimum atomic E-state index is -0.897. The Morgan fingerprint density at radius 1 is 1.15 bits per heavy atom. The van der Waals surface area contributed by atoms with E-state index in [0.29, 0.717) is 34.2 Å². The van der Waals surface area contributed by atoms with Crippen LogP contribution in [0.3, 0.4) is 0 Å². The van der Waals surface area contributed by atoms with Crippen LogP contribution in [0.15, 0.2) is 51.4 Å². The molecule has 0 amide bonds. The fourth-order valence-electron chi connectivity index (χ4n) is 4.38. The molecule has 0 spiro atoms. The molecule has 2 aromatic carbocycles. The molecule has 13 heteroatoms. The van der Waals surface area contributed by atoms with Gasteiger partial charge < -0.3 is 24.1 Å². The van der Waals surface area contributed by atoms with Crippen LogP contribution in [-0.4, -0.2) is 48.0 Å². The van der Waals surface area contributed by atoms with Crippen molar-refractivity contribution in [3.05, 3.63) is 82.5 Å². The summed E-state index contributed by atoms with van der Waals surface area (Å²) in [6, 6.07) is 6.75. The van der Waals surface area contributed by atoms with Gasteiger partial charge in [-0.1, -0.05) is 17.4 Å². The molecular formula is C27H27N3O9S. The number of benzene rings is 2. The second-order valence-corrected chi connectivity index (χ2v) is 9.50. The van der Waals surface area contributed by atoms with E-state index in [4.69, 9.17) is 18.9 Å². The van der Waals surface area contributed by atoms with Gasteiger partial charge in [-0.25, -0.2) is 9.79 Å². The van der Waals surface area contributed by atoms with Gasteiger partial charge in [0.25, 0.3) is 5.56 Å². The van der Waals surface area contributed by atoms with Gasteiger partial charge >= 0.3 is 11.7 Å². The first-order chi connectivity index (χ1) is 19.1. The number of phenolic OH excluding ortho intramolecular Hbond substituents is 1. The van der Waals surface area contributed by atoms with E-state index < -0.39 is 33.9 Å². The van der Waals surface area contributed by atoms with E-state index in [1.165, 1.54) is 30.9 Å². The smallest absolute Gasteiger partial charge is 0.338 e. The molecule has 0 fully saturated rings. The van der Waals surface area contributed by atoms with Gasteiger partial charge in [-0.05, 0) is 56.2 Å². The van der Waals surface area contributed by atoms with Crippen LogP contribution in [0.2, 0.25) is 0 Å². The molecule has 4 rings (SSSR count). The van der Waals surface area contributed by atoms with Gasteiger partial charge in [0.1, 0.15) is 0 Å². The van der Waals surface area contributed by atoms with Crippen LogP contribution in [-0.2, 0) is 9.53 Å². The molecule has 1 atom stereocenters. The van der Waals surface area contributed by atoms with Crippen LogP contribution in [0, 0.1) is 10.1 Å². The summed E-state index contributed by atoms with van der Waals surface area (Å²) in [6.07, 6.45) is 1.44. The molecule has 12 nitrogen and oxygen atoms in total. The maximum atomic E-state index is 13.8. The number of thiazole rings is 1. The van der Waals surface area contributed by atoms with E-state index >= 15 is 0 Å². The van der Waals surface area contributed by atoms with Gasteiger partial charge in [0.15, 0.2) is 22.0 Å². The number of hydrogen-bond acceptors (Lipinski definition) is 11. The van der Waals surface area contributed by atoms with Gasteiger partial charge in [0, 0.05) is 6.07 Å². The highest BCUT2D eigenvalue weighted by atomic mass is 32.1. The van der Waals surface area contributed by atoms with Crippen molar-refractivity contribution in [3.63, 3.8) is 0 Å². The van der Waals surface area contributed by atoms with Crippen LogP contribution in [0.25, 0.3) is 6.08 Å². The molecule has 2 heterocycles. The number of phenols is 1. The number of hydrogen-bond donors (Lipinski definition) is 1. The molecule has 1 aliphatic rings. The van der Waals surface area contributed by atoms with Crippen LogP contribution in [0.5, 0.6) is 23.0 Å². The maximum Gasteiger partial charge on any atom is 0.338 e. The number of aromatic nitrogens is 1. The van der Waals surface area contributed by atoms with E-state index in [1.54, 1.807) is 32.0 Å². The monoisotopic (exact) mass is 569 g/mol. The summed E-state index contributed by atoms with van der Waals surface area (Å²) in [6.45, 7) is 5.67. The maximum absolute atomic E-state index is 13.8. The van der Waals surface area contributed by atoms with Gasteiger partial charge in [-0.15, -0.1) is 0 Å². The third-order valence-electron chi connectivity index (χ3n) is 6.11. The number of nitro benzene ring substituents is 1. The largest absolute Gasteiger partial charge is 0.500 e. The fraction of sp³-hybridized carbons (Fsp3) is 0.296. The number of carbonyl (C=O) groups excluding carboxylic acids is 1. The Kier molecular flexibility index (Phi) is 8.24. The Labute approximate surface area is 232 Å². The number of fused-ring (bicyclic) bond motifs is 1. The number of aromatic hydroxyl groups is 1. The summed E-state index contributed by atoms with van der Waals surface area (Å²) in [5.74, 6) is -0.431. The summed E-state index contributed by atoms with van der Waals surface area (Å²) in [5.41, 5.74) is 0.344. The van der Waals surface area contributed by atoms with E-state index in [1.807, 2.05) is 6.92 Å². The Balaban J connectivity index is 1.98. The Bertz CT molecular complexity index is 1700. The number of ether oxygens (including phenoxy) is 4. The molecule has 1 aliphatic heterocycles. The highest BCUT2D eigenvalue weighted by Gasteiger charge is 2.34. The topological polar surface area (TPSA) is 152 Å². The lowest BCUT2D eigenvalue weighted by Gasteiger charge is -2.25. The molecule has 0 aliphatic carbocycles. The minimum absolute atomic E-state index is 0.117. The van der Waals surface area contributed by atoms with Crippen molar-refractivity contribution < 1.29 is 33.8 Å². The zero-order chi connectivity index (χ0) is 29.1. The molecular weight excluding hydrogens is 542 g/mol. The summed E-state index contributed by atoms with van der Waals surface area (Å²) >= 11 is 1.05. The van der Waals surface area contributed by atoms with Gasteiger partial charge in [-0.2, -0.15) is 0 Å². The first kappa shape index (κ1) is 28.4. The number of rotatable bonds is 9. The van der Waals surface area contributed by atoms with Crippen LogP contribution < -0.4 is 29.1 Å². The average molecular weight is 570 g/mol. The minimum Gasteiger partial charge on any atom is -0.500 e. The van der Waals surface area contributed by atoms with Crippen molar-refractivity contribution in [1.29, 1.82) is 0 Å². The number of esters is 1. The molecule has 3 aromatic rings. The van der Waals surface area contributed by atoms with Gasteiger partial charge in [0.2, 0.25) is 5.75 Å². The van der Waals surface area contributed by atoms with Crippen LogP contribution in [0.4, 0.5) is 5.69 Å². The van der Waals surface area contributed by atoms with E-state index in [-0.39, 0.29) is 28.0 Å². The lowest BCUT2D eigenvalue weighted by molar-refractivity contribution is -0.386. The van der Waals surface area contributed by atoms with Crippen LogP contribution in [0.1, 0.15) is 37.9 Å². The summed E-state index contributed by atoms with van der Waals surface area (Å²) in [4.78, 5) is 42.5. The molecule has 1 aromatic heterocycles. The zero-order valence-electron chi connectivity index (χ0n) is 22.4. The van der Waals surface area contributed by atoms with Crippen molar-refractivity contribution in [2.75, 3.05) is 27.4 Å². The predicted octanol–water partition coefficient (Wildman–Crippen LogP) is 2.83. The SMILES string of the molecule is CCOC(=O)C1=C(C)N=c2s/c(=C\c3cc(OC)c(O)c([N+](=O)[O-])c3)c(=O)n2[C@@H]1c1ccc(OC)c(OCC)c1. The molecule has 0 saturated carbocycles. The number of allylic oxidation sites excluding steroid dienone is 1. The lowest BCUT2D eigenvalue weighted by atomic mass is 9.95. The average Bonchev–Trinajstić information content (AvgIpc) is 3.22. The number of carbonyl (C=O) groups is 1. The number of nitrogens with zero attached hydrogens (tertiary/aromatic N) is 3. The number of nitro groups is 1. The standard InChI is InChI=1S/C27H27N3O9S/c1-6-38-19-13-16(8-9-18(19)36-4)23-22(26(33)39-7-2)14(3)28-27-29(23)25(32)21(40-27)12-15-10-17(30(34)35)24(31)20(11-15)37-5/h8-13,23,31H,6-7H2,1-5H3/b21-12-/t23-/m1/s1. The third kappa shape index (κ3) is 5.15. The predicted molar refractivity (Wildman–Crippen MR) is 146 cm³/mol. The van der Waals surface area contributed by atoms with Crippen molar-refractivity contribution in [2.24, 2.45) is 4.99 Å². The fourth-order valence-corrected chi connectivity index (χ4v) is 5.43. The highest BCUT2D eigenvalue weighted by molar-refractivity contribution is 7.07. The summed E-state index contributed by atoms with van der Waals surface area (Å²) in [5, 5.41) is 21.6. The quantitative estimate of drug-likeness (QED) is 0.233. The summed E-state index contributed by atoms with van der Waals surface area (Å²) in [7, 11) is 2.78. The second-order valence-electron chi connectivity index (χ2n) is 8.49. The first-order valence-corrected chi connectivity index (χ1v) is 13.0. The van der Waals surface area contributed by atoms with E-state index in [2.05, 4.69) is 4.99 Å². The van der Waals surface area contributed by atoms with E-state index in [0.717, 1.165) is 17.4 Å². The Morgan fingerprint density at radius 3 is 2.50 bits per heavy atom. The highest BCUT2D eigenvalue weighted by Crippen LogP contribution is 2.38. The molecule has 0 bridgehead atoms. The lowest BCUT2D eigenvalue weighted by Crippen LogP contribution is -2.40. The number of methoxy groups -OCH3 is 2. The van der Waals surface area contributed by atoms with E-state index in [9.17, 15) is 24.8 Å². The third-order valence-corrected chi connectivity index (χ3v) is 7.09. The Morgan fingerprint density at radius 2 is 1.88 bits per heavy atom. The van der Waals surface area contributed by atoms with Gasteiger partial charge in [0.05, 0.1) is 54.2 Å². The summed E-state index contributed by atoms with van der Waals surface area (Å²) < 4.78 is 23.1. The molecule has 0 radical (unpaired) electrons.